The average molecular weight is 947 g/mol. The van der Waals surface area contributed by atoms with Gasteiger partial charge in [-0.3, -0.25) is 0 Å². The van der Waals surface area contributed by atoms with Gasteiger partial charge in [-0.15, -0.1) is 69.1 Å². The van der Waals surface area contributed by atoms with Crippen molar-refractivity contribution < 1.29 is 60.4 Å². The molecule has 0 aliphatic carbocycles. The monoisotopic (exact) mass is 944 g/mol. The fourth-order valence-corrected chi connectivity index (χ4v) is 6.69. The third-order valence-electron chi connectivity index (χ3n) is 9.82. The minimum atomic E-state index is -6.63. The second-order valence-electron chi connectivity index (χ2n) is 15.0. The zero-order valence-electron chi connectivity index (χ0n) is 33.3. The van der Waals surface area contributed by atoms with E-state index in [-0.39, 0.29) is 23.1 Å². The van der Waals surface area contributed by atoms with Crippen molar-refractivity contribution >= 4 is 48.1 Å². The summed E-state index contributed by atoms with van der Waals surface area (Å²) in [4.78, 5) is 0. The molecular formula is C45H45Cl2F9SiZr. The molecule has 0 heterocycles. The van der Waals surface area contributed by atoms with Crippen LogP contribution in [0.5, 0.6) is 0 Å². The summed E-state index contributed by atoms with van der Waals surface area (Å²) >= 11 is -0.826. The van der Waals surface area contributed by atoms with Crippen molar-refractivity contribution in [2.24, 2.45) is 0 Å². The Bertz CT molecular complexity index is 2150. The van der Waals surface area contributed by atoms with Crippen molar-refractivity contribution in [1.82, 2.24) is 0 Å². The van der Waals surface area contributed by atoms with E-state index in [1.54, 1.807) is 31.2 Å². The Balaban J connectivity index is 0.000000278. The summed E-state index contributed by atoms with van der Waals surface area (Å²) in [6, 6.07) is 31.2. The van der Waals surface area contributed by atoms with Crippen molar-refractivity contribution in [3.05, 3.63) is 131 Å². The second-order valence-corrected chi connectivity index (χ2v) is 19.7. The van der Waals surface area contributed by atoms with E-state index < -0.39 is 50.4 Å². The number of aryl methyl sites for hydroxylation is 1. The third-order valence-corrected chi connectivity index (χ3v) is 9.82. The van der Waals surface area contributed by atoms with Gasteiger partial charge < -0.3 is 0 Å². The molecule has 6 rings (SSSR count). The van der Waals surface area contributed by atoms with Gasteiger partial charge in [-0.25, -0.2) is 0 Å². The molecule has 0 aliphatic heterocycles. The van der Waals surface area contributed by atoms with Crippen LogP contribution < -0.4 is 0 Å². The Kier molecular flexibility index (Phi) is 17.2. The van der Waals surface area contributed by atoms with E-state index in [4.69, 9.17) is 17.0 Å². The molecule has 0 saturated carbocycles. The number of halogens is 11. The Morgan fingerprint density at radius 1 is 0.621 bits per heavy atom. The van der Waals surface area contributed by atoms with Crippen molar-refractivity contribution in [1.29, 1.82) is 0 Å². The normalized spacial score (nSPS) is 12.7. The number of hydrogen-bond donors (Lipinski definition) is 0. The summed E-state index contributed by atoms with van der Waals surface area (Å²) in [6.07, 6.45) is -18.7. The molecule has 6 aromatic carbocycles. The zero-order chi connectivity index (χ0) is 43.9. The van der Waals surface area contributed by atoms with E-state index in [2.05, 4.69) is 102 Å². The molecule has 2 radical (unpaired) electrons. The van der Waals surface area contributed by atoms with Gasteiger partial charge in [-0.2, -0.15) is 51.6 Å². The first-order chi connectivity index (χ1) is 26.9. The number of fused-ring (bicyclic) bond motifs is 2. The van der Waals surface area contributed by atoms with Crippen LogP contribution in [0.3, 0.4) is 0 Å². The van der Waals surface area contributed by atoms with Crippen LogP contribution in [-0.4, -0.2) is 28.0 Å². The van der Waals surface area contributed by atoms with Gasteiger partial charge in [0.05, 0.1) is 0 Å². The maximum absolute atomic E-state index is 13.2. The summed E-state index contributed by atoms with van der Waals surface area (Å²) in [7, 11) is 11.0. The molecule has 0 bridgehead atoms. The van der Waals surface area contributed by atoms with Crippen LogP contribution in [-0.2, 0) is 31.7 Å². The SMILES string of the molecule is CCC(C)c1cc2c(-c3ccc(C(C)(C)C)cc3)cccc2[cH-]1.C[Si]C.Cc1cc2c(-c3ccc(C(C(F)(F)F)(C(F)(F)F)C(F)(F)F)cc3)cccc2[cH-]1.[Cl][Zr+2][Cl]. The summed E-state index contributed by atoms with van der Waals surface area (Å²) in [5.41, 5.74) is -0.638. The van der Waals surface area contributed by atoms with Crippen molar-refractivity contribution in [2.75, 3.05) is 0 Å². The van der Waals surface area contributed by atoms with Gasteiger partial charge in [0.15, 0.2) is 0 Å². The molecular weight excluding hydrogens is 902 g/mol. The molecule has 310 valence electrons. The van der Waals surface area contributed by atoms with Crippen molar-refractivity contribution in [3.8, 4) is 22.3 Å². The van der Waals surface area contributed by atoms with E-state index in [9.17, 15) is 39.5 Å². The van der Waals surface area contributed by atoms with Gasteiger partial charge in [-0.05, 0) is 33.6 Å². The van der Waals surface area contributed by atoms with Gasteiger partial charge in [-0.1, -0.05) is 133 Å². The molecule has 0 saturated heterocycles. The molecule has 0 aromatic heterocycles. The summed E-state index contributed by atoms with van der Waals surface area (Å²) in [5, 5.41) is 4.22. The predicted molar refractivity (Wildman–Crippen MR) is 221 cm³/mol. The topological polar surface area (TPSA) is 0 Å². The molecule has 1 unspecified atom stereocenters. The minimum absolute atomic E-state index is 0.199. The summed E-state index contributed by atoms with van der Waals surface area (Å²) in [6.45, 7) is 17.5. The first-order valence-corrected chi connectivity index (χ1v) is 26.6. The molecule has 13 heteroatoms. The molecule has 58 heavy (non-hydrogen) atoms. The second kappa shape index (κ2) is 20.1. The van der Waals surface area contributed by atoms with E-state index >= 15 is 0 Å². The van der Waals surface area contributed by atoms with E-state index in [1.165, 1.54) is 39.4 Å². The van der Waals surface area contributed by atoms with Crippen LogP contribution in [0.25, 0.3) is 43.8 Å². The molecule has 6 aromatic rings. The number of hydrogen-bond acceptors (Lipinski definition) is 0. The van der Waals surface area contributed by atoms with Gasteiger partial charge in [0.1, 0.15) is 0 Å². The van der Waals surface area contributed by atoms with Crippen molar-refractivity contribution in [3.63, 3.8) is 0 Å². The molecule has 0 nitrogen and oxygen atoms in total. The van der Waals surface area contributed by atoms with Gasteiger partial charge in [0, 0.05) is 9.52 Å². The molecule has 0 N–H and O–H groups in total. The first-order valence-electron chi connectivity index (χ1n) is 18.3. The predicted octanol–water partition coefficient (Wildman–Crippen LogP) is 16.7. The van der Waals surface area contributed by atoms with Crippen molar-refractivity contribution in [2.45, 2.75) is 96.3 Å². The van der Waals surface area contributed by atoms with Crippen LogP contribution in [0.2, 0.25) is 13.1 Å². The molecule has 1 atom stereocenters. The average Bonchev–Trinajstić information content (AvgIpc) is 3.74. The van der Waals surface area contributed by atoms with Gasteiger partial charge >= 0.3 is 56.4 Å². The molecule has 0 aliphatic rings. The third kappa shape index (κ3) is 11.1. The Labute approximate surface area is 356 Å². The quantitative estimate of drug-likeness (QED) is 0.0918. The fraction of sp³-hybridized carbons (Fsp3) is 0.333. The Morgan fingerprint density at radius 2 is 1.00 bits per heavy atom. The Hall–Kier alpha value is -2.85. The maximum atomic E-state index is 13.2. The van der Waals surface area contributed by atoms with E-state index in [0.29, 0.717) is 16.9 Å². The first kappa shape index (κ1) is 49.5. The Morgan fingerprint density at radius 3 is 1.38 bits per heavy atom. The van der Waals surface area contributed by atoms with Gasteiger partial charge in [0.25, 0.3) is 5.41 Å². The fourth-order valence-electron chi connectivity index (χ4n) is 6.69. The van der Waals surface area contributed by atoms with Gasteiger partial charge in [0.2, 0.25) is 0 Å². The van der Waals surface area contributed by atoms with Crippen LogP contribution in [0.15, 0.2) is 109 Å². The number of benzene rings is 4. The van der Waals surface area contributed by atoms with Crippen LogP contribution in [0, 0.1) is 6.92 Å². The molecule has 0 amide bonds. The van der Waals surface area contributed by atoms with Crippen LogP contribution in [0.1, 0.15) is 69.2 Å². The number of rotatable bonds is 5. The summed E-state index contributed by atoms with van der Waals surface area (Å²) in [5.74, 6) is 0.624. The molecule has 0 fully saturated rings. The standard InChI is InChI=1S/C23H27.C20H12F9.C2H6Si.2ClH.Zr/c1-6-16(2)19-14-18-8-7-9-21(22(18)15-19)17-10-12-20(13-11-17)23(3,4)5;1-11-9-13-3-2-4-15(16(13)10-11)12-5-7-14(8-6-12)17(18(21,22)23,19(24,25)26)20(27,28)29;1-3-2;;;/h7-16H,6H2,1-5H3;2-10H,1H3;1-2H3;2*1H;/q2*-1;;;;+4/p-2. The van der Waals surface area contributed by atoms with Crippen LogP contribution in [0.4, 0.5) is 39.5 Å². The molecule has 0 spiro atoms. The number of alkyl halides is 9. The van der Waals surface area contributed by atoms with E-state index in [1.807, 2.05) is 6.07 Å². The van der Waals surface area contributed by atoms with Crippen LogP contribution >= 0.6 is 17.0 Å². The summed E-state index contributed by atoms with van der Waals surface area (Å²) < 4.78 is 119. The van der Waals surface area contributed by atoms with E-state index in [0.717, 1.165) is 32.6 Å². The zero-order valence-corrected chi connectivity index (χ0v) is 38.3.